The van der Waals surface area contributed by atoms with Gasteiger partial charge in [-0.05, 0) is 30.4 Å². The second-order valence-corrected chi connectivity index (χ2v) is 8.40. The summed E-state index contributed by atoms with van der Waals surface area (Å²) in [7, 11) is -3.17. The second-order valence-electron chi connectivity index (χ2n) is 5.34. The van der Waals surface area contributed by atoms with E-state index in [2.05, 4.69) is 11.6 Å². The predicted octanol–water partition coefficient (Wildman–Crippen LogP) is 2.08. The number of thioether (sulfide) groups is 1. The minimum atomic E-state index is -3.17. The van der Waals surface area contributed by atoms with E-state index in [0.29, 0.717) is 18.0 Å². The minimum absolute atomic E-state index is 0.127. The number of nitrogens with one attached hydrogen (secondary N) is 1. The van der Waals surface area contributed by atoms with Crippen molar-refractivity contribution in [2.75, 3.05) is 23.8 Å². The molecule has 0 atom stereocenters. The van der Waals surface area contributed by atoms with E-state index >= 15 is 0 Å². The number of rotatable bonds is 7. The zero-order valence-electron chi connectivity index (χ0n) is 11.1. The van der Waals surface area contributed by atoms with Crippen LogP contribution in [0.15, 0.2) is 29.2 Å². The molecule has 1 aliphatic carbocycles. The Morgan fingerprint density at radius 3 is 2.68 bits per heavy atom. The summed E-state index contributed by atoms with van der Waals surface area (Å²) in [6.07, 6.45) is 2.23. The molecular formula is C13H20N2O2S2. The van der Waals surface area contributed by atoms with Gasteiger partial charge in [0.1, 0.15) is 0 Å². The highest BCUT2D eigenvalue weighted by atomic mass is 32.2. The summed E-state index contributed by atoms with van der Waals surface area (Å²) in [6.45, 7) is 2.67. The van der Waals surface area contributed by atoms with E-state index in [1.165, 1.54) is 11.8 Å². The van der Waals surface area contributed by atoms with E-state index in [1.807, 2.05) is 24.3 Å². The average molecular weight is 300 g/mol. The Morgan fingerprint density at radius 1 is 1.37 bits per heavy atom. The Bertz CT molecular complexity index is 539. The van der Waals surface area contributed by atoms with Crippen LogP contribution in [0.4, 0.5) is 5.69 Å². The fraction of sp³-hybridized carbons (Fsp3) is 0.538. The molecule has 0 saturated heterocycles. The molecule has 106 valence electrons. The van der Waals surface area contributed by atoms with Gasteiger partial charge in [0.15, 0.2) is 0 Å². The van der Waals surface area contributed by atoms with Gasteiger partial charge in [0.2, 0.25) is 10.0 Å². The van der Waals surface area contributed by atoms with Gasteiger partial charge < -0.3 is 5.73 Å². The summed E-state index contributed by atoms with van der Waals surface area (Å²) < 4.78 is 26.3. The molecule has 0 heterocycles. The Labute approximate surface area is 119 Å². The lowest BCUT2D eigenvalue weighted by Gasteiger charge is -2.11. The van der Waals surface area contributed by atoms with Crippen molar-refractivity contribution < 1.29 is 8.42 Å². The molecular weight excluding hydrogens is 280 g/mol. The summed E-state index contributed by atoms with van der Waals surface area (Å²) >= 11 is 1.48. The van der Waals surface area contributed by atoms with Crippen LogP contribution in [0.3, 0.4) is 0 Å². The first-order valence-electron chi connectivity index (χ1n) is 6.35. The van der Waals surface area contributed by atoms with Gasteiger partial charge in [0, 0.05) is 22.9 Å². The molecule has 3 N–H and O–H groups in total. The Kier molecular flexibility index (Phi) is 4.43. The van der Waals surface area contributed by atoms with Crippen LogP contribution in [0, 0.1) is 5.41 Å². The molecule has 2 rings (SSSR count). The molecule has 0 aromatic heterocycles. The maximum Gasteiger partial charge on any atom is 0.212 e. The van der Waals surface area contributed by atoms with Crippen LogP contribution in [-0.2, 0) is 10.0 Å². The van der Waals surface area contributed by atoms with Crippen LogP contribution in [0.5, 0.6) is 0 Å². The molecule has 6 heteroatoms. The van der Waals surface area contributed by atoms with E-state index in [1.54, 1.807) is 0 Å². The first-order valence-corrected chi connectivity index (χ1v) is 8.99. The van der Waals surface area contributed by atoms with E-state index in [0.717, 1.165) is 17.7 Å². The first kappa shape index (κ1) is 14.7. The van der Waals surface area contributed by atoms with Crippen molar-refractivity contribution in [1.29, 1.82) is 0 Å². The number of hydrogen-bond donors (Lipinski definition) is 2. The van der Waals surface area contributed by atoms with Crippen LogP contribution >= 0.6 is 11.8 Å². The highest BCUT2D eigenvalue weighted by molar-refractivity contribution is 8.00. The highest BCUT2D eigenvalue weighted by Crippen LogP contribution is 2.44. The largest absolute Gasteiger partial charge is 0.398 e. The molecule has 1 aromatic carbocycles. The number of nitrogen functional groups attached to an aromatic ring is 1. The first-order chi connectivity index (χ1) is 8.90. The van der Waals surface area contributed by atoms with Crippen molar-refractivity contribution >= 4 is 27.5 Å². The third-order valence-electron chi connectivity index (χ3n) is 3.35. The Hall–Kier alpha value is -0.720. The molecule has 0 unspecified atom stereocenters. The van der Waals surface area contributed by atoms with E-state index in [-0.39, 0.29) is 11.2 Å². The van der Waals surface area contributed by atoms with Gasteiger partial charge in [0.25, 0.3) is 0 Å². The molecule has 0 aliphatic heterocycles. The molecule has 1 aromatic rings. The summed E-state index contributed by atoms with van der Waals surface area (Å²) in [6, 6.07) is 7.50. The number of benzene rings is 1. The Morgan fingerprint density at radius 2 is 2.05 bits per heavy atom. The van der Waals surface area contributed by atoms with Crippen LogP contribution in [-0.4, -0.2) is 26.5 Å². The summed E-state index contributed by atoms with van der Waals surface area (Å²) in [5, 5.41) is 0. The number of para-hydroxylation sites is 1. The van der Waals surface area contributed by atoms with Crippen molar-refractivity contribution in [2.45, 2.75) is 24.7 Å². The topological polar surface area (TPSA) is 72.2 Å². The zero-order chi connectivity index (χ0) is 13.9. The molecule has 0 radical (unpaired) electrons. The molecule has 1 saturated carbocycles. The van der Waals surface area contributed by atoms with Crippen LogP contribution < -0.4 is 10.5 Å². The van der Waals surface area contributed by atoms with E-state index in [4.69, 9.17) is 5.73 Å². The third-order valence-corrected chi connectivity index (χ3v) is 6.03. The number of anilines is 1. The fourth-order valence-electron chi connectivity index (χ4n) is 1.62. The zero-order valence-corrected chi connectivity index (χ0v) is 12.7. The normalized spacial score (nSPS) is 17.3. The maximum atomic E-state index is 11.8. The molecule has 0 spiro atoms. The van der Waals surface area contributed by atoms with Gasteiger partial charge in [-0.15, -0.1) is 11.8 Å². The molecule has 0 amide bonds. The number of sulfonamides is 1. The predicted molar refractivity (Wildman–Crippen MR) is 80.7 cm³/mol. The Balaban J connectivity index is 1.76. The van der Waals surface area contributed by atoms with E-state index in [9.17, 15) is 8.42 Å². The quantitative estimate of drug-likeness (QED) is 0.597. The van der Waals surface area contributed by atoms with Crippen molar-refractivity contribution in [2.24, 2.45) is 5.41 Å². The lowest BCUT2D eigenvalue weighted by atomic mass is 10.2. The van der Waals surface area contributed by atoms with Gasteiger partial charge in [-0.25, -0.2) is 13.1 Å². The van der Waals surface area contributed by atoms with Gasteiger partial charge >= 0.3 is 0 Å². The lowest BCUT2D eigenvalue weighted by Crippen LogP contribution is -2.31. The van der Waals surface area contributed by atoms with Gasteiger partial charge in [-0.1, -0.05) is 19.1 Å². The number of hydrogen-bond acceptors (Lipinski definition) is 4. The molecule has 19 heavy (non-hydrogen) atoms. The molecule has 1 fully saturated rings. The molecule has 0 bridgehead atoms. The van der Waals surface area contributed by atoms with Crippen molar-refractivity contribution in [3.05, 3.63) is 24.3 Å². The van der Waals surface area contributed by atoms with Gasteiger partial charge in [-0.3, -0.25) is 0 Å². The average Bonchev–Trinajstić information content (AvgIpc) is 3.08. The monoisotopic (exact) mass is 300 g/mol. The lowest BCUT2D eigenvalue weighted by molar-refractivity contribution is 0.531. The SMILES string of the molecule is CC1(CNS(=O)(=O)CCSc2ccccc2N)CC1. The van der Waals surface area contributed by atoms with Crippen molar-refractivity contribution in [1.82, 2.24) is 4.72 Å². The minimum Gasteiger partial charge on any atom is -0.398 e. The van der Waals surface area contributed by atoms with Crippen molar-refractivity contribution in [3.8, 4) is 0 Å². The van der Waals surface area contributed by atoms with E-state index < -0.39 is 10.0 Å². The van der Waals surface area contributed by atoms with Crippen LogP contribution in [0.25, 0.3) is 0 Å². The fourth-order valence-corrected chi connectivity index (χ4v) is 4.17. The van der Waals surface area contributed by atoms with Gasteiger partial charge in [-0.2, -0.15) is 0 Å². The third kappa shape index (κ3) is 4.71. The van der Waals surface area contributed by atoms with Crippen LogP contribution in [0.1, 0.15) is 19.8 Å². The number of nitrogens with two attached hydrogens (primary N) is 1. The van der Waals surface area contributed by atoms with Gasteiger partial charge in [0.05, 0.1) is 5.75 Å². The summed E-state index contributed by atoms with van der Waals surface area (Å²) in [5.41, 5.74) is 6.70. The highest BCUT2D eigenvalue weighted by Gasteiger charge is 2.37. The summed E-state index contributed by atoms with van der Waals surface area (Å²) in [5.74, 6) is 0.641. The smallest absolute Gasteiger partial charge is 0.212 e. The molecule has 1 aliphatic rings. The standard InChI is InChI=1S/C13H20N2O2S2/c1-13(6-7-13)10-15-19(16,17)9-8-18-12-5-3-2-4-11(12)14/h2-5,15H,6-10,14H2,1H3. The molecule has 4 nitrogen and oxygen atoms in total. The second kappa shape index (κ2) is 5.73. The van der Waals surface area contributed by atoms with Crippen LogP contribution in [0.2, 0.25) is 0 Å². The summed E-state index contributed by atoms with van der Waals surface area (Å²) in [4.78, 5) is 0.937. The van der Waals surface area contributed by atoms with Crippen molar-refractivity contribution in [3.63, 3.8) is 0 Å². The maximum absolute atomic E-state index is 11.8.